The molecule has 10 heterocycles. The first-order valence-corrected chi connectivity index (χ1v) is 34.9. The van der Waals surface area contributed by atoms with Crippen molar-refractivity contribution in [2.45, 2.75) is 76.5 Å². The maximum Gasteiger partial charge on any atom is 0.246 e. The SMILES string of the molecule is C=CC(=O)N1CCC[C@@H](n2nc(-c3ccc(OCc4cccc(F)c4)c(Cl)c3)c3c(N)ncnc32)C1.C=CC(=O)N1CCC[C@@H](n2nc(-c3ccc(OCc4ccccc4)cc3)c3c(N)ncnc32)C1.C=CC(=O)N1CCC[C@@H](n2nc(-c3ccc(OCc4ccccn4)c(Cl)c3)c3c(N)ncnc32)C1. The monoisotopic (exact) mass is 1450 g/mol. The van der Waals surface area contributed by atoms with Crippen molar-refractivity contribution in [3.63, 3.8) is 0 Å². The number of nitrogens with two attached hydrogens (primary N) is 3. The summed E-state index contributed by atoms with van der Waals surface area (Å²) in [4.78, 5) is 72.2. The molecule has 3 atom stereocenters. The van der Waals surface area contributed by atoms with Gasteiger partial charge in [0, 0.05) is 62.2 Å². The van der Waals surface area contributed by atoms with Crippen molar-refractivity contribution < 1.29 is 33.0 Å². The molecule has 0 unspecified atom stereocenters. The molecule has 15 rings (SSSR count). The summed E-state index contributed by atoms with van der Waals surface area (Å²) in [6, 6.07) is 40.4. The summed E-state index contributed by atoms with van der Waals surface area (Å²) in [6.45, 7) is 15.5. The van der Waals surface area contributed by atoms with Crippen molar-refractivity contribution in [2.75, 3.05) is 56.5 Å². The molecule has 3 fully saturated rings. The van der Waals surface area contributed by atoms with E-state index in [0.29, 0.717) is 135 Å². The number of nitrogens with zero attached hydrogens (tertiary/aromatic N) is 16. The Morgan fingerprint density at radius 1 is 0.467 bits per heavy atom. The van der Waals surface area contributed by atoms with Crippen LogP contribution >= 0.6 is 23.2 Å². The number of aromatic nitrogens is 13. The molecule has 6 N–H and O–H groups in total. The Balaban J connectivity index is 0.000000140. The van der Waals surface area contributed by atoms with Gasteiger partial charge in [-0.25, -0.2) is 48.3 Å². The highest BCUT2D eigenvalue weighted by molar-refractivity contribution is 6.32. The fourth-order valence-corrected chi connectivity index (χ4v) is 13.7. The Bertz CT molecular complexity index is 5180. The van der Waals surface area contributed by atoms with Crippen LogP contribution in [0.4, 0.5) is 21.8 Å². The Labute approximate surface area is 613 Å². The van der Waals surface area contributed by atoms with Crippen LogP contribution in [0.15, 0.2) is 197 Å². The first-order chi connectivity index (χ1) is 51.1. The molecule has 5 aromatic carbocycles. The summed E-state index contributed by atoms with van der Waals surface area (Å²) in [7, 11) is 0. The summed E-state index contributed by atoms with van der Waals surface area (Å²) < 4.78 is 36.6. The lowest BCUT2D eigenvalue weighted by molar-refractivity contribution is -0.128. The maximum atomic E-state index is 13.5. The molecule has 534 valence electrons. The van der Waals surface area contributed by atoms with E-state index in [1.54, 1.807) is 57.3 Å². The van der Waals surface area contributed by atoms with Crippen LogP contribution in [0.5, 0.6) is 17.2 Å². The lowest BCUT2D eigenvalue weighted by Crippen LogP contribution is -2.40. The molecule has 28 heteroatoms. The van der Waals surface area contributed by atoms with Crippen LogP contribution in [-0.2, 0) is 34.2 Å². The molecule has 3 saturated heterocycles. The maximum absolute atomic E-state index is 13.5. The molecule has 3 amide bonds. The van der Waals surface area contributed by atoms with Gasteiger partial charge >= 0.3 is 0 Å². The number of pyridine rings is 1. The number of hydrogen-bond donors (Lipinski definition) is 3. The van der Waals surface area contributed by atoms with Crippen molar-refractivity contribution in [3.05, 3.63) is 229 Å². The van der Waals surface area contributed by atoms with Crippen molar-refractivity contribution in [3.8, 4) is 51.0 Å². The van der Waals surface area contributed by atoms with Crippen LogP contribution in [-0.4, -0.2) is 136 Å². The molecule has 7 aromatic heterocycles. The van der Waals surface area contributed by atoms with Crippen LogP contribution in [0.2, 0.25) is 10.0 Å². The van der Waals surface area contributed by atoms with Gasteiger partial charge in [-0.15, -0.1) is 0 Å². The predicted molar refractivity (Wildman–Crippen MR) is 401 cm³/mol. The average Bonchev–Trinajstić information content (AvgIpc) is 1.63. The molecule has 0 aliphatic carbocycles. The fraction of sp³-hybridized carbons (Fsp3) is 0.234. The lowest BCUT2D eigenvalue weighted by Gasteiger charge is -2.32. The molecule has 105 heavy (non-hydrogen) atoms. The number of fused-ring (bicyclic) bond motifs is 3. The number of rotatable bonds is 18. The van der Waals surface area contributed by atoms with Crippen LogP contribution in [0, 0.1) is 5.82 Å². The minimum atomic E-state index is -0.324. The largest absolute Gasteiger partial charge is 0.489 e. The predicted octanol–water partition coefficient (Wildman–Crippen LogP) is 12.9. The van der Waals surface area contributed by atoms with E-state index in [2.05, 4.69) is 54.6 Å². The second-order valence-electron chi connectivity index (χ2n) is 25.2. The molecular formula is C77H74Cl2FN19O6. The van der Waals surface area contributed by atoms with Crippen molar-refractivity contribution in [2.24, 2.45) is 0 Å². The topological polar surface area (TPSA) is 310 Å². The molecule has 0 bridgehead atoms. The molecule has 0 saturated carbocycles. The molecule has 3 aliphatic rings. The quantitative estimate of drug-likeness (QED) is 0.0672. The van der Waals surface area contributed by atoms with Crippen molar-refractivity contribution in [1.29, 1.82) is 0 Å². The third-order valence-electron chi connectivity index (χ3n) is 18.4. The van der Waals surface area contributed by atoms with E-state index in [1.807, 2.05) is 99.0 Å². The van der Waals surface area contributed by atoms with E-state index in [1.165, 1.54) is 49.3 Å². The summed E-state index contributed by atoms with van der Waals surface area (Å²) in [5, 5.41) is 17.5. The smallest absolute Gasteiger partial charge is 0.246 e. The standard InChI is InChI=1S/C26H24ClFN6O2.C26H26N6O2.C25H24ClN7O2/c1-2-22(35)33-10-4-7-19(13-33)34-26-23(25(29)30-15-31-26)24(32-34)17-8-9-21(20(27)12-17)36-14-16-5-3-6-18(28)11-16;1-2-22(33)31-14-6-9-20(15-31)32-26-23(25(27)28-17-29-26)24(30-32)19-10-12-21(13-11-19)34-16-18-7-4-3-5-8-18;1-2-21(34)32-11-5-7-18(13-32)33-25-22(24(27)29-15-30-25)23(31-33)16-8-9-20(19(26)12-16)35-14-17-6-3-4-10-28-17/h2-3,5-6,8-9,11-12,15,19H,1,4,7,10,13-14H2,(H2,29,30,31);2-5,7-8,10-13,17,20H,1,6,9,14-16H2,(H2,27,28,29);2-4,6,8-10,12,15,18H,1,5,7,11,13-14H2,(H2,27,29,30)/t19-;20-;18-/m111/s1. The Hall–Kier alpha value is -12.2. The van der Waals surface area contributed by atoms with Gasteiger partial charge < -0.3 is 46.1 Å². The van der Waals surface area contributed by atoms with Crippen LogP contribution in [0.1, 0.15) is 73.5 Å². The number of ether oxygens (including phenoxy) is 3. The summed E-state index contributed by atoms with van der Waals surface area (Å²) in [5.41, 5.74) is 27.6. The van der Waals surface area contributed by atoms with Crippen LogP contribution in [0.3, 0.4) is 0 Å². The van der Waals surface area contributed by atoms with E-state index < -0.39 is 0 Å². The van der Waals surface area contributed by atoms with Gasteiger partial charge in [-0.2, -0.15) is 15.3 Å². The van der Waals surface area contributed by atoms with Crippen LogP contribution in [0.25, 0.3) is 66.9 Å². The summed E-state index contributed by atoms with van der Waals surface area (Å²) in [6.07, 6.45) is 15.2. The van der Waals surface area contributed by atoms with Gasteiger partial charge in [0.2, 0.25) is 17.7 Å². The fourth-order valence-electron chi connectivity index (χ4n) is 13.2. The lowest BCUT2D eigenvalue weighted by atomic mass is 10.1. The molecule has 0 spiro atoms. The van der Waals surface area contributed by atoms with E-state index >= 15 is 0 Å². The van der Waals surface area contributed by atoms with Gasteiger partial charge in [-0.05, 0) is 153 Å². The van der Waals surface area contributed by atoms with Gasteiger partial charge in [0.1, 0.15) is 96.4 Å². The van der Waals surface area contributed by atoms with E-state index in [-0.39, 0.29) is 48.3 Å². The number of carbonyl (C=O) groups is 3. The van der Waals surface area contributed by atoms with Gasteiger partial charge in [-0.3, -0.25) is 19.4 Å². The van der Waals surface area contributed by atoms with E-state index in [4.69, 9.17) is 69.9 Å². The first kappa shape index (κ1) is 71.2. The number of hydrogen-bond acceptors (Lipinski definition) is 19. The number of likely N-dealkylation sites (tertiary alicyclic amines) is 3. The third kappa shape index (κ3) is 16.1. The number of nitrogen functional groups attached to an aromatic ring is 3. The Kier molecular flexibility index (Phi) is 22.0. The van der Waals surface area contributed by atoms with E-state index in [0.717, 1.165) is 84.5 Å². The first-order valence-electron chi connectivity index (χ1n) is 34.1. The molecule has 3 aliphatic heterocycles. The minimum absolute atomic E-state index is 0.00308. The number of anilines is 3. The Morgan fingerprint density at radius 2 is 0.886 bits per heavy atom. The summed E-state index contributed by atoms with van der Waals surface area (Å²) >= 11 is 13.1. The zero-order valence-electron chi connectivity index (χ0n) is 57.2. The number of piperidine rings is 3. The van der Waals surface area contributed by atoms with Gasteiger partial charge in [0.15, 0.2) is 16.9 Å². The van der Waals surface area contributed by atoms with E-state index in [9.17, 15) is 18.8 Å². The van der Waals surface area contributed by atoms with Crippen molar-refractivity contribution >= 4 is 91.5 Å². The second kappa shape index (κ2) is 32.4. The molecule has 12 aromatic rings. The number of carbonyl (C=O) groups excluding carboxylic acids is 3. The zero-order chi connectivity index (χ0) is 73.1. The van der Waals surface area contributed by atoms with Crippen LogP contribution < -0.4 is 31.4 Å². The second-order valence-corrected chi connectivity index (χ2v) is 26.0. The highest BCUT2D eigenvalue weighted by Gasteiger charge is 2.32. The third-order valence-corrected chi connectivity index (χ3v) is 19.0. The minimum Gasteiger partial charge on any atom is -0.489 e. The highest BCUT2D eigenvalue weighted by Crippen LogP contribution is 2.41. The molecule has 0 radical (unpaired) electrons. The molecular weight excluding hydrogens is 1380 g/mol. The van der Waals surface area contributed by atoms with Gasteiger partial charge in [0.05, 0.1) is 50.0 Å². The summed E-state index contributed by atoms with van der Waals surface area (Å²) in [5.74, 6) is 2.20. The Morgan fingerprint density at radius 3 is 1.31 bits per heavy atom. The highest BCUT2D eigenvalue weighted by atomic mass is 35.5. The number of amides is 3. The van der Waals surface area contributed by atoms with Gasteiger partial charge in [0.25, 0.3) is 0 Å². The zero-order valence-corrected chi connectivity index (χ0v) is 58.7. The average molecular weight is 1450 g/mol. The normalized spacial score (nSPS) is 15.8. The van der Waals surface area contributed by atoms with Crippen molar-refractivity contribution in [1.82, 2.24) is 78.9 Å². The number of halogens is 3. The van der Waals surface area contributed by atoms with Gasteiger partial charge in [-0.1, -0.05) is 91.5 Å². The molecule has 25 nitrogen and oxygen atoms in total. The number of benzene rings is 5.